The van der Waals surface area contributed by atoms with Crippen molar-refractivity contribution >= 4 is 27.8 Å². The molecule has 0 unspecified atom stereocenters. The van der Waals surface area contributed by atoms with Crippen molar-refractivity contribution in [1.29, 1.82) is 0 Å². The summed E-state index contributed by atoms with van der Waals surface area (Å²) < 4.78 is 30.0. The second-order valence-electron chi connectivity index (χ2n) is 6.48. The zero-order valence-corrected chi connectivity index (χ0v) is 16.3. The highest BCUT2D eigenvalue weighted by Crippen LogP contribution is 2.18. The van der Waals surface area contributed by atoms with E-state index in [1.54, 1.807) is 0 Å². The summed E-state index contributed by atoms with van der Waals surface area (Å²) in [5.41, 5.74) is 0.120. The third-order valence-electron chi connectivity index (χ3n) is 3.94. The number of amides is 2. The van der Waals surface area contributed by atoms with Crippen LogP contribution in [0, 0.1) is 0 Å². The molecule has 9 nitrogen and oxygen atoms in total. The Labute approximate surface area is 158 Å². The molecule has 0 bridgehead atoms. The van der Waals surface area contributed by atoms with Gasteiger partial charge in [0.05, 0.1) is 17.0 Å². The summed E-state index contributed by atoms with van der Waals surface area (Å²) in [5.74, 6) is -1.52. The zero-order chi connectivity index (χ0) is 20.2. The van der Waals surface area contributed by atoms with Crippen LogP contribution in [0.1, 0.15) is 23.2 Å². The Kier molecular flexibility index (Phi) is 6.55. The highest BCUT2D eigenvalue weighted by Gasteiger charge is 2.24. The number of benzene rings is 1. The molecule has 0 atom stereocenters. The molecule has 1 aliphatic rings. The van der Waals surface area contributed by atoms with Gasteiger partial charge in [0.2, 0.25) is 15.9 Å². The van der Waals surface area contributed by atoms with Gasteiger partial charge in [0.1, 0.15) is 0 Å². The van der Waals surface area contributed by atoms with Crippen molar-refractivity contribution in [3.05, 3.63) is 29.8 Å². The predicted molar refractivity (Wildman–Crippen MR) is 96.4 cm³/mol. The van der Waals surface area contributed by atoms with Gasteiger partial charge in [-0.05, 0) is 37.1 Å². The van der Waals surface area contributed by atoms with E-state index in [1.165, 1.54) is 50.3 Å². The number of hydrogen-bond acceptors (Lipinski definition) is 6. The topological polar surface area (TPSA) is 113 Å². The zero-order valence-electron chi connectivity index (χ0n) is 15.5. The minimum absolute atomic E-state index is 0.0431. The smallest absolute Gasteiger partial charge is 0.338 e. The quantitative estimate of drug-likeness (QED) is 0.610. The first-order chi connectivity index (χ1) is 12.6. The lowest BCUT2D eigenvalue weighted by Crippen LogP contribution is -2.40. The fourth-order valence-corrected chi connectivity index (χ4v) is 3.00. The number of esters is 1. The Morgan fingerprint density at radius 2 is 1.70 bits per heavy atom. The van der Waals surface area contributed by atoms with E-state index < -0.39 is 28.5 Å². The van der Waals surface area contributed by atoms with Crippen LogP contribution in [-0.4, -0.2) is 75.7 Å². The first kappa shape index (κ1) is 20.8. The van der Waals surface area contributed by atoms with Crippen molar-refractivity contribution in [3.63, 3.8) is 0 Å². The van der Waals surface area contributed by atoms with Crippen molar-refractivity contribution in [3.8, 4) is 0 Å². The molecule has 27 heavy (non-hydrogen) atoms. The third kappa shape index (κ3) is 5.76. The SMILES string of the molecule is CN(CC(=O)NC1CC1)C(=O)COC(=O)c1ccc(S(=O)(=O)N(C)C)cc1. The molecule has 0 saturated heterocycles. The number of hydrogen-bond donors (Lipinski definition) is 1. The molecule has 148 valence electrons. The molecule has 0 radical (unpaired) electrons. The molecular weight excluding hydrogens is 374 g/mol. The van der Waals surface area contributed by atoms with Crippen molar-refractivity contribution in [2.75, 3.05) is 34.3 Å². The predicted octanol–water partition coefficient (Wildman–Crippen LogP) is -0.169. The Morgan fingerprint density at radius 1 is 1.11 bits per heavy atom. The molecule has 0 aliphatic heterocycles. The summed E-state index contributed by atoms with van der Waals surface area (Å²) in [6.07, 6.45) is 1.91. The van der Waals surface area contributed by atoms with Gasteiger partial charge in [0.25, 0.3) is 5.91 Å². The van der Waals surface area contributed by atoms with Gasteiger partial charge in [-0.25, -0.2) is 17.5 Å². The van der Waals surface area contributed by atoms with Crippen molar-refractivity contribution in [2.45, 2.75) is 23.8 Å². The molecule has 1 aliphatic carbocycles. The van der Waals surface area contributed by atoms with Gasteiger partial charge in [0, 0.05) is 27.2 Å². The Bertz CT molecular complexity index is 816. The third-order valence-corrected chi connectivity index (χ3v) is 5.77. The summed E-state index contributed by atoms with van der Waals surface area (Å²) in [4.78, 5) is 36.9. The van der Waals surface area contributed by atoms with E-state index in [-0.39, 0.29) is 29.0 Å². The maximum absolute atomic E-state index is 12.0. The molecule has 1 aromatic rings. The minimum Gasteiger partial charge on any atom is -0.452 e. The van der Waals surface area contributed by atoms with Crippen LogP contribution in [-0.2, 0) is 24.3 Å². The van der Waals surface area contributed by atoms with Crippen molar-refractivity contribution < 1.29 is 27.5 Å². The summed E-state index contributed by atoms with van der Waals surface area (Å²) in [6.45, 7) is -0.617. The second-order valence-corrected chi connectivity index (χ2v) is 8.63. The summed E-state index contributed by atoms with van der Waals surface area (Å²) >= 11 is 0. The van der Waals surface area contributed by atoms with Gasteiger partial charge in [-0.1, -0.05) is 0 Å². The normalized spacial score (nSPS) is 13.9. The van der Waals surface area contributed by atoms with Crippen LogP contribution in [0.4, 0.5) is 0 Å². The minimum atomic E-state index is -3.59. The summed E-state index contributed by atoms with van der Waals surface area (Å²) in [5, 5.41) is 2.76. The number of sulfonamides is 1. The number of nitrogens with one attached hydrogen (secondary N) is 1. The molecule has 10 heteroatoms. The van der Waals surface area contributed by atoms with Gasteiger partial charge in [0.15, 0.2) is 6.61 Å². The number of likely N-dealkylation sites (N-methyl/N-ethyl adjacent to an activating group) is 1. The molecule has 0 heterocycles. The van der Waals surface area contributed by atoms with E-state index in [0.717, 1.165) is 17.1 Å². The lowest BCUT2D eigenvalue weighted by molar-refractivity contribution is -0.137. The highest BCUT2D eigenvalue weighted by atomic mass is 32.2. The van der Waals surface area contributed by atoms with Gasteiger partial charge in [-0.2, -0.15) is 0 Å². The van der Waals surface area contributed by atoms with E-state index in [4.69, 9.17) is 4.74 Å². The molecular formula is C17H23N3O6S. The van der Waals surface area contributed by atoms with Crippen LogP contribution in [0.2, 0.25) is 0 Å². The van der Waals surface area contributed by atoms with E-state index >= 15 is 0 Å². The highest BCUT2D eigenvalue weighted by molar-refractivity contribution is 7.89. The Balaban J connectivity index is 1.85. The van der Waals surface area contributed by atoms with Gasteiger partial charge in [-0.15, -0.1) is 0 Å². The van der Waals surface area contributed by atoms with E-state index in [9.17, 15) is 22.8 Å². The van der Waals surface area contributed by atoms with E-state index in [2.05, 4.69) is 5.32 Å². The van der Waals surface area contributed by atoms with Gasteiger partial charge >= 0.3 is 5.97 Å². The van der Waals surface area contributed by atoms with Crippen molar-refractivity contribution in [2.24, 2.45) is 0 Å². The fraction of sp³-hybridized carbons (Fsp3) is 0.471. The average Bonchev–Trinajstić information content (AvgIpc) is 3.42. The average molecular weight is 397 g/mol. The van der Waals surface area contributed by atoms with Gasteiger partial charge in [-0.3, -0.25) is 9.59 Å². The first-order valence-corrected chi connectivity index (χ1v) is 9.78. The van der Waals surface area contributed by atoms with Crippen molar-refractivity contribution in [1.82, 2.24) is 14.5 Å². The molecule has 1 N–H and O–H groups in total. The number of carbonyl (C=O) groups is 3. The number of ether oxygens (including phenoxy) is 1. The van der Waals surface area contributed by atoms with Crippen LogP contribution >= 0.6 is 0 Å². The molecule has 1 fully saturated rings. The molecule has 1 aromatic carbocycles. The monoisotopic (exact) mass is 397 g/mol. The fourth-order valence-electron chi connectivity index (χ4n) is 2.10. The molecule has 1 saturated carbocycles. The largest absolute Gasteiger partial charge is 0.452 e. The number of rotatable bonds is 8. The number of carbonyl (C=O) groups excluding carboxylic acids is 3. The van der Waals surface area contributed by atoms with Crippen LogP contribution < -0.4 is 5.32 Å². The molecule has 0 aromatic heterocycles. The summed E-state index contributed by atoms with van der Waals surface area (Å²) in [6, 6.07) is 5.42. The maximum Gasteiger partial charge on any atom is 0.338 e. The standard InChI is InChI=1S/C17H23N3O6S/c1-19(2)27(24,25)14-8-4-12(5-9-14)17(23)26-11-16(22)20(3)10-15(21)18-13-6-7-13/h4-5,8-9,13H,6-7,10-11H2,1-3H3,(H,18,21). The second kappa shape index (κ2) is 8.49. The van der Waals surface area contributed by atoms with Crippen LogP contribution in [0.3, 0.4) is 0 Å². The van der Waals surface area contributed by atoms with E-state index in [0.29, 0.717) is 0 Å². The Hall–Kier alpha value is -2.46. The Morgan fingerprint density at radius 3 is 2.22 bits per heavy atom. The lowest BCUT2D eigenvalue weighted by Gasteiger charge is -2.16. The lowest BCUT2D eigenvalue weighted by atomic mass is 10.2. The van der Waals surface area contributed by atoms with Gasteiger partial charge < -0.3 is 15.0 Å². The summed E-state index contributed by atoms with van der Waals surface area (Å²) in [7, 11) is 0.673. The van der Waals surface area contributed by atoms with Crippen LogP contribution in [0.5, 0.6) is 0 Å². The first-order valence-electron chi connectivity index (χ1n) is 8.34. The molecule has 2 rings (SSSR count). The van der Waals surface area contributed by atoms with Crippen LogP contribution in [0.25, 0.3) is 0 Å². The van der Waals surface area contributed by atoms with E-state index in [1.807, 2.05) is 0 Å². The molecule has 0 spiro atoms. The number of nitrogens with zero attached hydrogens (tertiary/aromatic N) is 2. The molecule has 2 amide bonds. The maximum atomic E-state index is 12.0. The van der Waals surface area contributed by atoms with Crippen LogP contribution in [0.15, 0.2) is 29.2 Å².